The van der Waals surface area contributed by atoms with Crippen molar-refractivity contribution in [2.75, 3.05) is 6.26 Å². The molecule has 0 radical (unpaired) electrons. The number of benzene rings is 2. The molecule has 4 nitrogen and oxygen atoms in total. The second kappa shape index (κ2) is 6.05. The van der Waals surface area contributed by atoms with Crippen molar-refractivity contribution in [3.05, 3.63) is 83.9 Å². The zero-order chi connectivity index (χ0) is 17.3. The van der Waals surface area contributed by atoms with Gasteiger partial charge >= 0.3 is 0 Å². The molecule has 0 bridgehead atoms. The molecule has 0 fully saturated rings. The van der Waals surface area contributed by atoms with Crippen molar-refractivity contribution in [2.24, 2.45) is 0 Å². The van der Waals surface area contributed by atoms with Crippen LogP contribution in [0.4, 0.5) is 4.39 Å². The Labute approximate surface area is 139 Å². The highest BCUT2D eigenvalue weighted by atomic mass is 32.2. The lowest BCUT2D eigenvalue weighted by Gasteiger charge is -2.04. The van der Waals surface area contributed by atoms with Gasteiger partial charge in [-0.25, -0.2) is 12.8 Å². The molecule has 0 spiro atoms. The third-order valence-corrected chi connectivity index (χ3v) is 4.76. The lowest BCUT2D eigenvalue weighted by atomic mass is 10.1. The van der Waals surface area contributed by atoms with Crippen LogP contribution in [0.2, 0.25) is 0 Å². The molecule has 1 aromatic heterocycles. The molecule has 0 unspecified atom stereocenters. The predicted octanol–water partition coefficient (Wildman–Crippen LogP) is 3.25. The fraction of sp³-hybridized carbons (Fsp3) is 0.0556. The minimum Gasteiger partial charge on any atom is -0.321 e. The zero-order valence-electron chi connectivity index (χ0n) is 12.8. The van der Waals surface area contributed by atoms with Gasteiger partial charge in [-0.3, -0.25) is 4.79 Å². The van der Waals surface area contributed by atoms with E-state index in [2.05, 4.69) is 0 Å². The van der Waals surface area contributed by atoms with Crippen LogP contribution in [-0.2, 0) is 9.84 Å². The maximum atomic E-state index is 13.8. The molecule has 122 valence electrons. The van der Waals surface area contributed by atoms with Crippen LogP contribution in [0.25, 0.3) is 5.69 Å². The van der Waals surface area contributed by atoms with Gasteiger partial charge in [-0.05, 0) is 42.5 Å². The van der Waals surface area contributed by atoms with Crippen LogP contribution in [0.3, 0.4) is 0 Å². The molecule has 24 heavy (non-hydrogen) atoms. The SMILES string of the molecule is CS(=O)(=O)c1ccc(C(=O)c2ccn(-c3ccccc3F)c2)cc1. The molecule has 0 amide bonds. The zero-order valence-corrected chi connectivity index (χ0v) is 13.6. The van der Waals surface area contributed by atoms with Crippen LogP contribution in [0.1, 0.15) is 15.9 Å². The van der Waals surface area contributed by atoms with Crippen LogP contribution < -0.4 is 0 Å². The molecule has 6 heteroatoms. The van der Waals surface area contributed by atoms with Crippen molar-refractivity contribution in [3.63, 3.8) is 0 Å². The largest absolute Gasteiger partial charge is 0.321 e. The van der Waals surface area contributed by atoms with E-state index in [0.29, 0.717) is 16.8 Å². The Morgan fingerprint density at radius 2 is 1.62 bits per heavy atom. The minimum absolute atomic E-state index is 0.156. The van der Waals surface area contributed by atoms with Crippen LogP contribution in [0, 0.1) is 5.82 Å². The van der Waals surface area contributed by atoms with Crippen molar-refractivity contribution in [2.45, 2.75) is 4.90 Å². The van der Waals surface area contributed by atoms with E-state index < -0.39 is 9.84 Å². The molecule has 0 atom stereocenters. The number of para-hydroxylation sites is 1. The Kier molecular flexibility index (Phi) is 4.07. The number of halogens is 1. The summed E-state index contributed by atoms with van der Waals surface area (Å²) in [7, 11) is -3.30. The number of rotatable bonds is 4. The van der Waals surface area contributed by atoms with Gasteiger partial charge < -0.3 is 4.57 Å². The van der Waals surface area contributed by atoms with Crippen LogP contribution in [0.5, 0.6) is 0 Å². The highest BCUT2D eigenvalue weighted by Crippen LogP contribution is 2.18. The summed E-state index contributed by atoms with van der Waals surface area (Å²) >= 11 is 0. The molecule has 0 saturated carbocycles. The molecule has 1 heterocycles. The third-order valence-electron chi connectivity index (χ3n) is 3.63. The molecule has 3 rings (SSSR count). The van der Waals surface area contributed by atoms with Gasteiger partial charge in [0, 0.05) is 29.8 Å². The van der Waals surface area contributed by atoms with Crippen molar-refractivity contribution in [3.8, 4) is 5.69 Å². The monoisotopic (exact) mass is 343 g/mol. The van der Waals surface area contributed by atoms with E-state index in [4.69, 9.17) is 0 Å². The maximum absolute atomic E-state index is 13.8. The van der Waals surface area contributed by atoms with Gasteiger partial charge in [-0.2, -0.15) is 0 Å². The van der Waals surface area contributed by atoms with E-state index in [1.54, 1.807) is 36.7 Å². The number of hydrogen-bond acceptors (Lipinski definition) is 3. The average molecular weight is 343 g/mol. The quantitative estimate of drug-likeness (QED) is 0.683. The second-order valence-corrected chi connectivity index (χ2v) is 7.40. The van der Waals surface area contributed by atoms with Crippen molar-refractivity contribution < 1.29 is 17.6 Å². The minimum atomic E-state index is -3.30. The molecule has 0 N–H and O–H groups in total. The molecular weight excluding hydrogens is 329 g/mol. The summed E-state index contributed by atoms with van der Waals surface area (Å²) in [5.74, 6) is -0.644. The Bertz CT molecular complexity index is 1000. The first kappa shape index (κ1) is 16.1. The number of ketones is 1. The Hall–Kier alpha value is -2.73. The van der Waals surface area contributed by atoms with E-state index in [-0.39, 0.29) is 16.5 Å². The highest BCUT2D eigenvalue weighted by Gasteiger charge is 2.14. The van der Waals surface area contributed by atoms with Gasteiger partial charge in [-0.15, -0.1) is 0 Å². The van der Waals surface area contributed by atoms with E-state index >= 15 is 0 Å². The summed E-state index contributed by atoms with van der Waals surface area (Å²) in [5, 5.41) is 0. The summed E-state index contributed by atoms with van der Waals surface area (Å²) in [5.41, 5.74) is 1.11. The Morgan fingerprint density at radius 3 is 2.25 bits per heavy atom. The van der Waals surface area contributed by atoms with E-state index in [9.17, 15) is 17.6 Å². The van der Waals surface area contributed by atoms with Gasteiger partial charge in [0.1, 0.15) is 5.82 Å². The van der Waals surface area contributed by atoms with Gasteiger partial charge in [0.2, 0.25) is 0 Å². The summed E-state index contributed by atoms with van der Waals surface area (Å²) in [6, 6.07) is 13.6. The number of carbonyl (C=O) groups is 1. The standard InChI is InChI=1S/C18H14FNO3S/c1-24(22,23)15-8-6-13(7-9-15)18(21)14-10-11-20(12-14)17-5-3-2-4-16(17)19/h2-12H,1H3. The second-order valence-electron chi connectivity index (χ2n) is 5.38. The average Bonchev–Trinajstić information content (AvgIpc) is 3.03. The van der Waals surface area contributed by atoms with Crippen LogP contribution in [0.15, 0.2) is 71.9 Å². The van der Waals surface area contributed by atoms with Gasteiger partial charge in [0.05, 0.1) is 10.6 Å². The smallest absolute Gasteiger partial charge is 0.194 e. The first-order valence-corrected chi connectivity index (χ1v) is 9.03. The fourth-order valence-electron chi connectivity index (χ4n) is 2.36. The normalized spacial score (nSPS) is 11.4. The van der Waals surface area contributed by atoms with Gasteiger partial charge in [0.25, 0.3) is 0 Å². The highest BCUT2D eigenvalue weighted by molar-refractivity contribution is 7.90. The fourth-order valence-corrected chi connectivity index (χ4v) is 2.99. The van der Waals surface area contributed by atoms with Crippen molar-refractivity contribution in [1.29, 1.82) is 0 Å². The van der Waals surface area contributed by atoms with E-state index in [0.717, 1.165) is 6.26 Å². The number of sulfone groups is 1. The molecule has 2 aromatic carbocycles. The maximum Gasteiger partial charge on any atom is 0.194 e. The molecule has 0 saturated heterocycles. The molecule has 3 aromatic rings. The van der Waals surface area contributed by atoms with Gasteiger partial charge in [-0.1, -0.05) is 12.1 Å². The molecule has 0 aliphatic heterocycles. The van der Waals surface area contributed by atoms with E-state index in [1.165, 1.54) is 34.9 Å². The number of hydrogen-bond donors (Lipinski definition) is 0. The third kappa shape index (κ3) is 3.14. The number of carbonyl (C=O) groups excluding carboxylic acids is 1. The summed E-state index contributed by atoms with van der Waals surface area (Å²) in [6.45, 7) is 0. The molecular formula is C18H14FNO3S. The first-order chi connectivity index (χ1) is 11.4. The Balaban J connectivity index is 1.90. The summed E-state index contributed by atoms with van der Waals surface area (Å²) in [4.78, 5) is 12.6. The number of nitrogens with zero attached hydrogens (tertiary/aromatic N) is 1. The van der Waals surface area contributed by atoms with Gasteiger partial charge in [0.15, 0.2) is 15.6 Å². The Morgan fingerprint density at radius 1 is 0.958 bits per heavy atom. The van der Waals surface area contributed by atoms with Crippen molar-refractivity contribution in [1.82, 2.24) is 4.57 Å². The van der Waals surface area contributed by atoms with Crippen LogP contribution >= 0.6 is 0 Å². The topological polar surface area (TPSA) is 56.1 Å². The number of aromatic nitrogens is 1. The lowest BCUT2D eigenvalue weighted by molar-refractivity contribution is 0.103. The first-order valence-electron chi connectivity index (χ1n) is 7.14. The predicted molar refractivity (Wildman–Crippen MR) is 88.7 cm³/mol. The van der Waals surface area contributed by atoms with E-state index in [1.807, 2.05) is 0 Å². The summed E-state index contributed by atoms with van der Waals surface area (Å²) < 4.78 is 38.2. The summed E-state index contributed by atoms with van der Waals surface area (Å²) in [6.07, 6.45) is 4.26. The lowest BCUT2D eigenvalue weighted by Crippen LogP contribution is -2.02. The molecule has 0 aliphatic carbocycles. The van der Waals surface area contributed by atoms with Crippen LogP contribution in [-0.4, -0.2) is 25.0 Å². The molecule has 0 aliphatic rings. The van der Waals surface area contributed by atoms with Crippen molar-refractivity contribution >= 4 is 15.6 Å².